The molecule has 0 heterocycles. The van der Waals surface area contributed by atoms with Gasteiger partial charge in [0.2, 0.25) is 0 Å². The maximum Gasteiger partial charge on any atom is 0.147 e. The van der Waals surface area contributed by atoms with Crippen LogP contribution < -0.4 is 5.32 Å². The summed E-state index contributed by atoms with van der Waals surface area (Å²) in [5, 5.41) is 12.2. The molecule has 1 aromatic rings. The highest BCUT2D eigenvalue weighted by atomic mass is 32.2. The summed E-state index contributed by atoms with van der Waals surface area (Å²) in [5.74, 6) is 0.157. The van der Waals surface area contributed by atoms with Gasteiger partial charge in [0.15, 0.2) is 0 Å². The Labute approximate surface area is 112 Å². The van der Waals surface area contributed by atoms with Crippen LogP contribution in [-0.4, -0.2) is 33.2 Å². The summed E-state index contributed by atoms with van der Waals surface area (Å²) in [7, 11) is -2.92. The molecule has 0 aliphatic carbocycles. The Kier molecular flexibility index (Phi) is 5.51. The zero-order valence-electron chi connectivity index (χ0n) is 10.4. The molecule has 0 aliphatic heterocycles. The average Bonchev–Trinajstić information content (AvgIpc) is 2.32. The molecule has 18 heavy (non-hydrogen) atoms. The first kappa shape index (κ1) is 14.9. The number of hydrogen-bond donors (Lipinski definition) is 1. The van der Waals surface area contributed by atoms with Gasteiger partial charge in [-0.3, -0.25) is 0 Å². The van der Waals surface area contributed by atoms with Crippen LogP contribution in [-0.2, 0) is 9.84 Å². The molecule has 0 amide bonds. The van der Waals surface area contributed by atoms with Gasteiger partial charge >= 0.3 is 0 Å². The number of thioether (sulfide) groups is 1. The third-order valence-electron chi connectivity index (χ3n) is 2.37. The van der Waals surface area contributed by atoms with Crippen molar-refractivity contribution >= 4 is 27.3 Å². The summed E-state index contributed by atoms with van der Waals surface area (Å²) in [4.78, 5) is 0.922. The summed E-state index contributed by atoms with van der Waals surface area (Å²) in [5.41, 5.74) is 1.38. The lowest BCUT2D eigenvalue weighted by Gasteiger charge is -2.10. The third-order valence-corrected chi connectivity index (χ3v) is 4.18. The summed E-state index contributed by atoms with van der Waals surface area (Å²) < 4.78 is 22.0. The predicted molar refractivity (Wildman–Crippen MR) is 75.8 cm³/mol. The minimum atomic E-state index is -2.92. The monoisotopic (exact) mass is 284 g/mol. The lowest BCUT2D eigenvalue weighted by Crippen LogP contribution is -2.10. The molecule has 0 fully saturated rings. The smallest absolute Gasteiger partial charge is 0.147 e. The average molecular weight is 284 g/mol. The van der Waals surface area contributed by atoms with Gasteiger partial charge in [-0.1, -0.05) is 6.07 Å². The molecule has 98 valence electrons. The van der Waals surface area contributed by atoms with E-state index in [0.717, 1.165) is 10.6 Å². The number of hydrogen-bond acceptors (Lipinski definition) is 5. The molecule has 0 bridgehead atoms. The quantitative estimate of drug-likeness (QED) is 0.640. The summed E-state index contributed by atoms with van der Waals surface area (Å²) in [6.45, 7) is 0.541. The van der Waals surface area contributed by atoms with Crippen LogP contribution in [0.2, 0.25) is 0 Å². The van der Waals surface area contributed by atoms with Crippen LogP contribution in [0.25, 0.3) is 0 Å². The summed E-state index contributed by atoms with van der Waals surface area (Å²) >= 11 is 1.52. The van der Waals surface area contributed by atoms with Crippen LogP contribution >= 0.6 is 11.8 Å². The Morgan fingerprint density at radius 3 is 2.72 bits per heavy atom. The summed E-state index contributed by atoms with van der Waals surface area (Å²) in [6, 6.07) is 7.78. The minimum absolute atomic E-state index is 0.157. The highest BCUT2D eigenvalue weighted by molar-refractivity contribution is 7.98. The number of nitrogens with one attached hydrogen (secondary N) is 1. The van der Waals surface area contributed by atoms with E-state index in [-0.39, 0.29) is 5.75 Å². The van der Waals surface area contributed by atoms with Gasteiger partial charge in [-0.2, -0.15) is 5.26 Å². The molecule has 0 radical (unpaired) electrons. The molecule has 6 heteroatoms. The van der Waals surface area contributed by atoms with Crippen molar-refractivity contribution < 1.29 is 8.42 Å². The van der Waals surface area contributed by atoms with E-state index in [4.69, 9.17) is 5.26 Å². The molecule has 0 saturated carbocycles. The first-order valence-corrected chi connectivity index (χ1v) is 8.75. The van der Waals surface area contributed by atoms with Gasteiger partial charge in [-0.25, -0.2) is 8.42 Å². The van der Waals surface area contributed by atoms with Crippen molar-refractivity contribution in [3.63, 3.8) is 0 Å². The Morgan fingerprint density at radius 2 is 2.17 bits per heavy atom. The second-order valence-corrected chi connectivity index (χ2v) is 7.01. The molecular weight excluding hydrogens is 268 g/mol. The van der Waals surface area contributed by atoms with Gasteiger partial charge in [-0.15, -0.1) is 11.8 Å². The molecule has 0 atom stereocenters. The van der Waals surface area contributed by atoms with E-state index in [0.29, 0.717) is 18.5 Å². The Bertz CT molecular complexity index is 548. The van der Waals surface area contributed by atoms with Crippen molar-refractivity contribution in [1.82, 2.24) is 0 Å². The largest absolute Gasteiger partial charge is 0.384 e. The number of nitriles is 1. The minimum Gasteiger partial charge on any atom is -0.384 e. The highest BCUT2D eigenvalue weighted by Crippen LogP contribution is 2.26. The highest BCUT2D eigenvalue weighted by Gasteiger charge is 2.07. The third kappa shape index (κ3) is 4.59. The van der Waals surface area contributed by atoms with Crippen LogP contribution in [0.5, 0.6) is 0 Å². The first-order valence-electron chi connectivity index (χ1n) is 5.46. The van der Waals surface area contributed by atoms with Crippen molar-refractivity contribution in [3.05, 3.63) is 23.8 Å². The molecule has 0 spiro atoms. The van der Waals surface area contributed by atoms with Crippen molar-refractivity contribution in [2.24, 2.45) is 0 Å². The van der Waals surface area contributed by atoms with Crippen LogP contribution in [0.3, 0.4) is 0 Å². The molecule has 0 saturated heterocycles. The second-order valence-electron chi connectivity index (χ2n) is 3.90. The second kappa shape index (κ2) is 6.66. The van der Waals surface area contributed by atoms with Crippen molar-refractivity contribution in [1.29, 1.82) is 5.26 Å². The van der Waals surface area contributed by atoms with Crippen molar-refractivity contribution in [3.8, 4) is 6.07 Å². The molecular formula is C12H16N2O2S2. The predicted octanol–water partition coefficient (Wildman–Crippen LogP) is 2.13. The molecule has 1 N–H and O–H groups in total. The maximum atomic E-state index is 11.0. The molecule has 0 aliphatic rings. The van der Waals surface area contributed by atoms with Gasteiger partial charge in [0, 0.05) is 17.7 Å². The molecule has 0 unspecified atom stereocenters. The maximum absolute atomic E-state index is 11.0. The topological polar surface area (TPSA) is 70.0 Å². The Balaban J connectivity index is 2.66. The zero-order valence-corrected chi connectivity index (χ0v) is 12.1. The lowest BCUT2D eigenvalue weighted by molar-refractivity contribution is 0.600. The fourth-order valence-electron chi connectivity index (χ4n) is 1.52. The van der Waals surface area contributed by atoms with E-state index in [2.05, 4.69) is 11.4 Å². The van der Waals surface area contributed by atoms with E-state index < -0.39 is 9.84 Å². The number of rotatable bonds is 6. The van der Waals surface area contributed by atoms with Gasteiger partial charge < -0.3 is 5.32 Å². The van der Waals surface area contributed by atoms with Crippen molar-refractivity contribution in [2.75, 3.05) is 30.1 Å². The first-order chi connectivity index (χ1) is 8.48. The fraction of sp³-hybridized carbons (Fsp3) is 0.417. The van der Waals surface area contributed by atoms with Gasteiger partial charge in [-0.05, 0) is 24.8 Å². The lowest BCUT2D eigenvalue weighted by atomic mass is 10.2. The van der Waals surface area contributed by atoms with E-state index in [9.17, 15) is 8.42 Å². The summed E-state index contributed by atoms with van der Waals surface area (Å²) in [6.07, 6.45) is 3.68. The number of benzene rings is 1. The number of sulfone groups is 1. The number of anilines is 1. The Morgan fingerprint density at radius 1 is 1.44 bits per heavy atom. The van der Waals surface area contributed by atoms with E-state index >= 15 is 0 Å². The van der Waals surface area contributed by atoms with Gasteiger partial charge in [0.05, 0.1) is 17.0 Å². The Hall–Kier alpha value is -1.19. The normalized spacial score (nSPS) is 10.9. The van der Waals surface area contributed by atoms with E-state index in [1.54, 1.807) is 0 Å². The molecule has 1 aromatic carbocycles. The van der Waals surface area contributed by atoms with Crippen molar-refractivity contribution in [2.45, 2.75) is 11.3 Å². The zero-order chi connectivity index (χ0) is 13.6. The van der Waals surface area contributed by atoms with Gasteiger partial charge in [0.25, 0.3) is 0 Å². The fourth-order valence-corrected chi connectivity index (χ4v) is 2.76. The SMILES string of the molecule is CSc1cccc(NCCCS(C)(=O)=O)c1C#N. The van der Waals surface area contributed by atoms with Crippen LogP contribution in [0, 0.1) is 11.3 Å². The molecule has 4 nitrogen and oxygen atoms in total. The van der Waals surface area contributed by atoms with Gasteiger partial charge in [0.1, 0.15) is 15.9 Å². The van der Waals surface area contributed by atoms with E-state index in [1.165, 1.54) is 18.0 Å². The standard InChI is InChI=1S/C12H16N2O2S2/c1-17-12-6-3-5-11(10(12)9-13)14-7-4-8-18(2,15)16/h3,5-6,14H,4,7-8H2,1-2H3. The van der Waals surface area contributed by atoms with E-state index in [1.807, 2.05) is 24.5 Å². The number of nitrogens with zero attached hydrogens (tertiary/aromatic N) is 1. The molecule has 0 aromatic heterocycles. The van der Waals surface area contributed by atoms with Crippen LogP contribution in [0.15, 0.2) is 23.1 Å². The van der Waals surface area contributed by atoms with Crippen LogP contribution in [0.1, 0.15) is 12.0 Å². The molecule has 1 rings (SSSR count). The van der Waals surface area contributed by atoms with Crippen LogP contribution in [0.4, 0.5) is 5.69 Å².